The highest BCUT2D eigenvalue weighted by molar-refractivity contribution is 7.15. The van der Waals surface area contributed by atoms with Gasteiger partial charge < -0.3 is 10.3 Å². The number of aromatic amines is 1. The summed E-state index contributed by atoms with van der Waals surface area (Å²) in [5, 5.41) is 5.29. The molecule has 4 aromatic heterocycles. The van der Waals surface area contributed by atoms with Gasteiger partial charge in [-0.1, -0.05) is 12.1 Å². The Morgan fingerprint density at radius 3 is 2.93 bits per heavy atom. The lowest BCUT2D eigenvalue weighted by Crippen LogP contribution is -2.21. The van der Waals surface area contributed by atoms with E-state index in [2.05, 4.69) is 25.3 Å². The summed E-state index contributed by atoms with van der Waals surface area (Å²) in [4.78, 5) is 29.9. The maximum Gasteiger partial charge on any atom is 0.264 e. The van der Waals surface area contributed by atoms with Crippen molar-refractivity contribution in [1.82, 2.24) is 24.3 Å². The predicted molar refractivity (Wildman–Crippen MR) is 115 cm³/mol. The number of hydrogen-bond acceptors (Lipinski definition) is 6. The summed E-state index contributed by atoms with van der Waals surface area (Å²) >= 11 is 1.50. The number of anilines is 1. The number of aromatic nitrogens is 5. The number of fused-ring (bicyclic) bond motifs is 2. The molecule has 4 heterocycles. The van der Waals surface area contributed by atoms with Gasteiger partial charge >= 0.3 is 0 Å². The molecule has 1 unspecified atom stereocenters. The van der Waals surface area contributed by atoms with Gasteiger partial charge in [-0.2, -0.15) is 0 Å². The average molecular weight is 420 g/mol. The first kappa shape index (κ1) is 18.4. The number of hydrogen-bond donors (Lipinski definition) is 2. The van der Waals surface area contributed by atoms with Gasteiger partial charge in [0.2, 0.25) is 0 Å². The molecule has 0 bridgehead atoms. The molecule has 0 spiro atoms. The van der Waals surface area contributed by atoms with Crippen molar-refractivity contribution in [2.24, 2.45) is 0 Å². The van der Waals surface area contributed by atoms with E-state index < -0.39 is 0 Å². The molecule has 0 saturated heterocycles. The van der Waals surface area contributed by atoms with Crippen LogP contribution in [0.2, 0.25) is 0 Å². The molecule has 0 saturated carbocycles. The molecule has 7 nitrogen and oxygen atoms in total. The lowest BCUT2D eigenvalue weighted by atomic mass is 9.97. The number of rotatable bonds is 4. The highest BCUT2D eigenvalue weighted by Gasteiger charge is 2.21. The van der Waals surface area contributed by atoms with E-state index in [9.17, 15) is 9.18 Å². The molecule has 0 aliphatic rings. The quantitative estimate of drug-likeness (QED) is 0.452. The summed E-state index contributed by atoms with van der Waals surface area (Å²) in [5.41, 5.74) is 3.67. The van der Waals surface area contributed by atoms with Crippen molar-refractivity contribution in [1.29, 1.82) is 0 Å². The maximum absolute atomic E-state index is 14.0. The lowest BCUT2D eigenvalue weighted by Gasteiger charge is -2.19. The number of thiazole rings is 1. The van der Waals surface area contributed by atoms with Gasteiger partial charge in [0.25, 0.3) is 5.56 Å². The molecular formula is C21H17FN6OS. The van der Waals surface area contributed by atoms with Gasteiger partial charge in [-0.05, 0) is 43.2 Å². The van der Waals surface area contributed by atoms with Crippen LogP contribution in [0, 0.1) is 12.7 Å². The Bertz CT molecular complexity index is 1450. The first-order chi connectivity index (χ1) is 14.5. The van der Waals surface area contributed by atoms with Crippen LogP contribution in [0.5, 0.6) is 0 Å². The third kappa shape index (κ3) is 2.94. The van der Waals surface area contributed by atoms with E-state index >= 15 is 0 Å². The first-order valence-electron chi connectivity index (χ1n) is 9.33. The largest absolute Gasteiger partial charge is 0.362 e. The number of benzene rings is 1. The van der Waals surface area contributed by atoms with Crippen LogP contribution in [0.25, 0.3) is 27.1 Å². The molecule has 0 fully saturated rings. The van der Waals surface area contributed by atoms with E-state index in [0.717, 1.165) is 16.1 Å². The molecule has 2 N–H and O–H groups in total. The van der Waals surface area contributed by atoms with Crippen molar-refractivity contribution in [2.45, 2.75) is 19.9 Å². The first-order valence-corrected chi connectivity index (χ1v) is 10.2. The van der Waals surface area contributed by atoms with Crippen LogP contribution in [0.4, 0.5) is 10.2 Å². The number of imidazole rings is 1. The molecule has 150 valence electrons. The molecule has 0 radical (unpaired) electrons. The van der Waals surface area contributed by atoms with Crippen LogP contribution in [-0.2, 0) is 0 Å². The van der Waals surface area contributed by atoms with Gasteiger partial charge in [-0.15, -0.1) is 11.3 Å². The molecule has 0 aliphatic carbocycles. The van der Waals surface area contributed by atoms with Crippen LogP contribution in [0.3, 0.4) is 0 Å². The Balaban J connectivity index is 1.70. The van der Waals surface area contributed by atoms with E-state index in [1.54, 1.807) is 22.9 Å². The number of nitrogens with zero attached hydrogens (tertiary/aromatic N) is 4. The molecule has 5 aromatic rings. The fraction of sp³-hybridized carbons (Fsp3) is 0.143. The number of aryl methyl sites for hydroxylation is 1. The fourth-order valence-electron chi connectivity index (χ4n) is 3.66. The topological polar surface area (TPSA) is 88.0 Å². The molecule has 1 aromatic carbocycles. The lowest BCUT2D eigenvalue weighted by molar-refractivity contribution is 0.628. The van der Waals surface area contributed by atoms with Crippen LogP contribution < -0.4 is 10.9 Å². The minimum Gasteiger partial charge on any atom is -0.362 e. The smallest absolute Gasteiger partial charge is 0.264 e. The van der Waals surface area contributed by atoms with Crippen LogP contribution >= 0.6 is 11.3 Å². The second kappa shape index (κ2) is 7.03. The van der Waals surface area contributed by atoms with Crippen LogP contribution in [0.1, 0.15) is 24.2 Å². The molecule has 0 aliphatic heterocycles. The van der Waals surface area contributed by atoms with Gasteiger partial charge in [-0.3, -0.25) is 9.20 Å². The van der Waals surface area contributed by atoms with Crippen molar-refractivity contribution in [3.8, 4) is 11.1 Å². The number of halogens is 1. The van der Waals surface area contributed by atoms with E-state index in [1.807, 2.05) is 25.3 Å². The Morgan fingerprint density at radius 1 is 1.23 bits per heavy atom. The Labute approximate surface area is 174 Å². The van der Waals surface area contributed by atoms with Gasteiger partial charge in [-0.25, -0.2) is 19.3 Å². The summed E-state index contributed by atoms with van der Waals surface area (Å²) < 4.78 is 15.7. The summed E-state index contributed by atoms with van der Waals surface area (Å²) in [5.74, 6) is 0.193. The van der Waals surface area contributed by atoms with Crippen LogP contribution in [0.15, 0.2) is 53.2 Å². The highest BCUT2D eigenvalue weighted by Crippen LogP contribution is 2.31. The van der Waals surface area contributed by atoms with Crippen molar-refractivity contribution in [2.75, 3.05) is 5.32 Å². The SMILES string of the molecule is Cc1csc2cc(C(C)Nc3ncnc4nc[nH]c34)c(-c3cccc(F)c3)c(=O)n12. The van der Waals surface area contributed by atoms with E-state index in [1.165, 1.54) is 29.8 Å². The maximum atomic E-state index is 14.0. The fourth-order valence-corrected chi connectivity index (χ4v) is 4.58. The summed E-state index contributed by atoms with van der Waals surface area (Å²) in [7, 11) is 0. The average Bonchev–Trinajstić information content (AvgIpc) is 3.35. The monoisotopic (exact) mass is 420 g/mol. The Kier molecular flexibility index (Phi) is 4.32. The molecule has 0 amide bonds. The van der Waals surface area contributed by atoms with Crippen molar-refractivity contribution >= 4 is 33.1 Å². The standard InChI is InChI=1S/C21H17FN6OS/c1-11-8-30-16-7-15(12(2)27-20-18-19(24-9-23-18)25-10-26-20)17(21(29)28(11)16)13-4-3-5-14(22)6-13/h3-10,12H,1-2H3,(H2,23,24,25,26,27). The Morgan fingerprint density at radius 2 is 2.10 bits per heavy atom. The zero-order valence-electron chi connectivity index (χ0n) is 16.2. The predicted octanol–water partition coefficient (Wildman–Crippen LogP) is 4.31. The van der Waals surface area contributed by atoms with E-state index in [0.29, 0.717) is 28.1 Å². The molecule has 1 atom stereocenters. The molecular weight excluding hydrogens is 403 g/mol. The molecule has 5 rings (SSSR count). The van der Waals surface area contributed by atoms with Crippen LogP contribution in [-0.4, -0.2) is 24.3 Å². The summed E-state index contributed by atoms with van der Waals surface area (Å²) in [6.45, 7) is 3.83. The van der Waals surface area contributed by atoms with Gasteiger partial charge in [0, 0.05) is 11.1 Å². The summed E-state index contributed by atoms with van der Waals surface area (Å²) in [6, 6.07) is 7.81. The highest BCUT2D eigenvalue weighted by atomic mass is 32.1. The second-order valence-electron chi connectivity index (χ2n) is 7.03. The summed E-state index contributed by atoms with van der Waals surface area (Å²) in [6.07, 6.45) is 2.99. The minimum atomic E-state index is -0.388. The third-order valence-electron chi connectivity index (χ3n) is 5.06. The number of nitrogens with one attached hydrogen (secondary N) is 2. The number of H-pyrrole nitrogens is 1. The van der Waals surface area contributed by atoms with Crippen molar-refractivity contribution < 1.29 is 4.39 Å². The normalized spacial score (nSPS) is 12.5. The van der Waals surface area contributed by atoms with Crippen molar-refractivity contribution in [3.05, 3.63) is 75.8 Å². The second-order valence-corrected chi connectivity index (χ2v) is 7.92. The van der Waals surface area contributed by atoms with Gasteiger partial charge in [0.05, 0.1) is 17.9 Å². The zero-order chi connectivity index (χ0) is 20.8. The van der Waals surface area contributed by atoms with Crippen molar-refractivity contribution in [3.63, 3.8) is 0 Å². The minimum absolute atomic E-state index is 0.171. The molecule has 30 heavy (non-hydrogen) atoms. The zero-order valence-corrected chi connectivity index (χ0v) is 17.0. The van der Waals surface area contributed by atoms with E-state index in [-0.39, 0.29) is 17.4 Å². The Hall–Kier alpha value is -3.59. The van der Waals surface area contributed by atoms with Gasteiger partial charge in [0.15, 0.2) is 11.5 Å². The number of pyridine rings is 1. The van der Waals surface area contributed by atoms with Gasteiger partial charge in [0.1, 0.15) is 22.5 Å². The molecule has 9 heteroatoms. The van der Waals surface area contributed by atoms with E-state index in [4.69, 9.17) is 0 Å². The third-order valence-corrected chi connectivity index (χ3v) is 6.06.